The second-order valence-corrected chi connectivity index (χ2v) is 12.6. The minimum atomic E-state index is -0.762. The average molecular weight is 555 g/mol. The maximum atomic E-state index is 12.1. The number of rotatable bonds is 29. The molecule has 0 saturated carbocycles. The summed E-state index contributed by atoms with van der Waals surface area (Å²) in [7, 11) is 0. The van der Waals surface area contributed by atoms with Gasteiger partial charge in [-0.1, -0.05) is 150 Å². The van der Waals surface area contributed by atoms with Crippen LogP contribution >= 0.6 is 0 Å². The monoisotopic (exact) mass is 554 g/mol. The standard InChI is InChI=1S/C34H66O5/c1-30(2)24-20-16-12-8-5-6-10-15-19-23-27-34(37)39-32(28-35)29-38-33(36)26-22-18-14-11-7-9-13-17-21-25-31(3)4/h30-32,35H,5-29H2,1-4H3/t32-/m0/s1. The molecule has 0 rings (SSSR count). The third-order valence-electron chi connectivity index (χ3n) is 7.51. The van der Waals surface area contributed by atoms with E-state index in [-0.39, 0.29) is 25.2 Å². The zero-order chi connectivity index (χ0) is 29.0. The number of ether oxygens (including phenoxy) is 2. The second kappa shape index (κ2) is 28.4. The highest BCUT2D eigenvalue weighted by Gasteiger charge is 2.16. The quantitative estimate of drug-likeness (QED) is 0.0736. The molecule has 0 aliphatic carbocycles. The lowest BCUT2D eigenvalue weighted by Crippen LogP contribution is -2.28. The van der Waals surface area contributed by atoms with Crippen LogP contribution in [0.15, 0.2) is 0 Å². The van der Waals surface area contributed by atoms with Gasteiger partial charge in [-0.3, -0.25) is 9.59 Å². The van der Waals surface area contributed by atoms with Crippen LogP contribution in [-0.2, 0) is 19.1 Å². The maximum absolute atomic E-state index is 12.1. The second-order valence-electron chi connectivity index (χ2n) is 12.6. The van der Waals surface area contributed by atoms with Crippen molar-refractivity contribution < 1.29 is 24.2 Å². The van der Waals surface area contributed by atoms with Crippen molar-refractivity contribution in [3.8, 4) is 0 Å². The van der Waals surface area contributed by atoms with Gasteiger partial charge in [0.2, 0.25) is 0 Å². The van der Waals surface area contributed by atoms with E-state index in [1.807, 2.05) is 0 Å². The lowest BCUT2D eigenvalue weighted by Gasteiger charge is -2.15. The number of hydrogen-bond acceptors (Lipinski definition) is 5. The summed E-state index contributed by atoms with van der Waals surface area (Å²) in [5.41, 5.74) is 0. The van der Waals surface area contributed by atoms with Gasteiger partial charge in [-0.2, -0.15) is 0 Å². The molecule has 0 unspecified atom stereocenters. The zero-order valence-corrected chi connectivity index (χ0v) is 26.5. The SMILES string of the molecule is CC(C)CCCCCCCCCCCCC(=O)O[C@@H](CO)COC(=O)CCCCCCCCCCCC(C)C. The van der Waals surface area contributed by atoms with E-state index < -0.39 is 6.10 Å². The average Bonchev–Trinajstić information content (AvgIpc) is 2.89. The molecule has 0 saturated heterocycles. The van der Waals surface area contributed by atoms with Crippen molar-refractivity contribution in [1.29, 1.82) is 0 Å². The maximum Gasteiger partial charge on any atom is 0.306 e. The Hall–Kier alpha value is -1.10. The number of hydrogen-bond donors (Lipinski definition) is 1. The van der Waals surface area contributed by atoms with Crippen molar-refractivity contribution in [2.75, 3.05) is 13.2 Å². The molecule has 0 radical (unpaired) electrons. The molecule has 232 valence electrons. The Balaban J connectivity index is 3.56. The van der Waals surface area contributed by atoms with Crippen LogP contribution in [0.2, 0.25) is 0 Å². The summed E-state index contributed by atoms with van der Waals surface area (Å²) in [6.45, 7) is 8.78. The molecular weight excluding hydrogens is 488 g/mol. The molecule has 0 spiro atoms. The van der Waals surface area contributed by atoms with Gasteiger partial charge in [0.05, 0.1) is 6.61 Å². The van der Waals surface area contributed by atoms with Gasteiger partial charge >= 0.3 is 11.9 Å². The lowest BCUT2D eigenvalue weighted by molar-refractivity contribution is -0.161. The third kappa shape index (κ3) is 29.7. The van der Waals surface area contributed by atoms with E-state index in [4.69, 9.17) is 9.47 Å². The number of unbranched alkanes of at least 4 members (excludes halogenated alkanes) is 17. The highest BCUT2D eigenvalue weighted by molar-refractivity contribution is 5.70. The first-order valence-electron chi connectivity index (χ1n) is 16.8. The van der Waals surface area contributed by atoms with Crippen LogP contribution in [0, 0.1) is 11.8 Å². The summed E-state index contributed by atoms with van der Waals surface area (Å²) in [5.74, 6) is 1.06. The van der Waals surface area contributed by atoms with Gasteiger partial charge in [0, 0.05) is 12.8 Å². The van der Waals surface area contributed by atoms with E-state index in [0.717, 1.165) is 50.4 Å². The molecule has 5 heteroatoms. The summed E-state index contributed by atoms with van der Waals surface area (Å²) in [4.78, 5) is 24.1. The summed E-state index contributed by atoms with van der Waals surface area (Å²) >= 11 is 0. The Morgan fingerprint density at radius 2 is 0.846 bits per heavy atom. The summed E-state index contributed by atoms with van der Waals surface area (Å²) in [6.07, 6.45) is 25.9. The lowest BCUT2D eigenvalue weighted by atomic mass is 10.0. The molecule has 5 nitrogen and oxygen atoms in total. The first kappa shape index (κ1) is 37.9. The first-order valence-corrected chi connectivity index (χ1v) is 16.8. The van der Waals surface area contributed by atoms with Crippen LogP contribution in [0.1, 0.15) is 175 Å². The molecule has 0 aliphatic heterocycles. The molecule has 0 amide bonds. The fourth-order valence-electron chi connectivity index (χ4n) is 4.92. The van der Waals surface area contributed by atoms with Gasteiger partial charge in [-0.25, -0.2) is 0 Å². The molecule has 0 bridgehead atoms. The largest absolute Gasteiger partial charge is 0.462 e. The van der Waals surface area contributed by atoms with E-state index in [2.05, 4.69) is 27.7 Å². The molecule has 0 fully saturated rings. The predicted octanol–water partition coefficient (Wildman–Crippen LogP) is 9.72. The molecule has 1 atom stereocenters. The zero-order valence-electron chi connectivity index (χ0n) is 26.5. The highest BCUT2D eigenvalue weighted by Crippen LogP contribution is 2.15. The molecule has 1 N–H and O–H groups in total. The van der Waals surface area contributed by atoms with Crippen LogP contribution in [0.25, 0.3) is 0 Å². The van der Waals surface area contributed by atoms with Gasteiger partial charge < -0.3 is 14.6 Å². The summed E-state index contributed by atoms with van der Waals surface area (Å²) in [5, 5.41) is 9.49. The van der Waals surface area contributed by atoms with Crippen molar-refractivity contribution in [2.24, 2.45) is 11.8 Å². The predicted molar refractivity (Wildman–Crippen MR) is 164 cm³/mol. The van der Waals surface area contributed by atoms with Crippen LogP contribution in [0.5, 0.6) is 0 Å². The Morgan fingerprint density at radius 3 is 1.21 bits per heavy atom. The smallest absolute Gasteiger partial charge is 0.306 e. The molecule has 39 heavy (non-hydrogen) atoms. The summed E-state index contributed by atoms with van der Waals surface area (Å²) < 4.78 is 10.5. The van der Waals surface area contributed by atoms with Crippen molar-refractivity contribution in [2.45, 2.75) is 181 Å². The van der Waals surface area contributed by atoms with Gasteiger partial charge in [0.25, 0.3) is 0 Å². The number of aliphatic hydroxyl groups is 1. The number of carbonyl (C=O) groups excluding carboxylic acids is 2. The Bertz CT molecular complexity index is 546. The van der Waals surface area contributed by atoms with Crippen molar-refractivity contribution in [3.63, 3.8) is 0 Å². The topological polar surface area (TPSA) is 72.8 Å². The molecule has 0 heterocycles. The van der Waals surface area contributed by atoms with Gasteiger partial charge in [0.1, 0.15) is 6.61 Å². The Morgan fingerprint density at radius 1 is 0.513 bits per heavy atom. The highest BCUT2D eigenvalue weighted by atomic mass is 16.6. The van der Waals surface area contributed by atoms with E-state index >= 15 is 0 Å². The molecule has 0 aromatic rings. The van der Waals surface area contributed by atoms with Crippen molar-refractivity contribution in [3.05, 3.63) is 0 Å². The van der Waals surface area contributed by atoms with Gasteiger partial charge in [-0.05, 0) is 24.7 Å². The number of carbonyl (C=O) groups is 2. The minimum absolute atomic E-state index is 0.0602. The van der Waals surface area contributed by atoms with Crippen molar-refractivity contribution in [1.82, 2.24) is 0 Å². The van der Waals surface area contributed by atoms with E-state index in [0.29, 0.717) is 12.8 Å². The van der Waals surface area contributed by atoms with Crippen LogP contribution in [-0.4, -0.2) is 36.4 Å². The van der Waals surface area contributed by atoms with Crippen molar-refractivity contribution >= 4 is 11.9 Å². The fourth-order valence-corrected chi connectivity index (χ4v) is 4.92. The number of esters is 2. The third-order valence-corrected chi connectivity index (χ3v) is 7.51. The van der Waals surface area contributed by atoms with Crippen LogP contribution in [0.4, 0.5) is 0 Å². The molecular formula is C34H66O5. The van der Waals surface area contributed by atoms with E-state index in [1.54, 1.807) is 0 Å². The minimum Gasteiger partial charge on any atom is -0.462 e. The fraction of sp³-hybridized carbons (Fsp3) is 0.941. The van der Waals surface area contributed by atoms with Crippen LogP contribution < -0.4 is 0 Å². The van der Waals surface area contributed by atoms with Gasteiger partial charge in [-0.15, -0.1) is 0 Å². The van der Waals surface area contributed by atoms with Gasteiger partial charge in [0.15, 0.2) is 6.10 Å². The van der Waals surface area contributed by atoms with E-state index in [9.17, 15) is 14.7 Å². The Labute approximate surface area is 242 Å². The van der Waals surface area contributed by atoms with E-state index in [1.165, 1.54) is 96.3 Å². The molecule has 0 aromatic heterocycles. The normalized spacial score (nSPS) is 12.3. The Kier molecular flexibility index (Phi) is 27.6. The first-order chi connectivity index (χ1) is 18.8. The summed E-state index contributed by atoms with van der Waals surface area (Å²) in [6, 6.07) is 0. The van der Waals surface area contributed by atoms with Crippen LogP contribution in [0.3, 0.4) is 0 Å². The molecule has 0 aliphatic rings. The molecule has 0 aromatic carbocycles. The number of aliphatic hydroxyl groups excluding tert-OH is 1.